The number of hydrogen-bond donors (Lipinski definition) is 0. The largest absolute Gasteiger partial charge is 0.462 e. The summed E-state index contributed by atoms with van der Waals surface area (Å²) in [5, 5.41) is 0. The Bertz CT molecular complexity index is 1250. The molecule has 0 aliphatic heterocycles. The molecule has 0 aliphatic rings. The molecule has 1 unspecified atom stereocenters. The van der Waals surface area contributed by atoms with Crippen molar-refractivity contribution in [3.63, 3.8) is 0 Å². The van der Waals surface area contributed by atoms with E-state index >= 15 is 0 Å². The molecule has 0 rings (SSSR count). The van der Waals surface area contributed by atoms with Crippen LogP contribution in [0.4, 0.5) is 0 Å². The first-order valence-corrected chi connectivity index (χ1v) is 33.5. The van der Waals surface area contributed by atoms with Gasteiger partial charge in [-0.25, -0.2) is 0 Å². The summed E-state index contributed by atoms with van der Waals surface area (Å²) in [6, 6.07) is 0. The van der Waals surface area contributed by atoms with E-state index in [0.717, 1.165) is 83.5 Å². The molecule has 0 aromatic heterocycles. The number of rotatable bonds is 62. The molecule has 6 nitrogen and oxygen atoms in total. The summed E-state index contributed by atoms with van der Waals surface area (Å²) in [4.78, 5) is 38.3. The standard InChI is InChI=1S/C69H128O6/c1-4-7-10-13-16-19-22-25-27-29-30-31-32-33-34-35-36-37-38-39-40-42-44-47-50-53-56-59-62-68(71)74-65-66(64-73-67(70)61-58-55-52-49-46-43-24-21-18-15-12-9-6-3)75-69(72)63-60-57-54-51-48-45-41-28-26-23-20-17-14-11-8-5-2/h9,12,18,21,43,46,66H,4-8,10-11,13-17,19-20,22-42,44-45,47-65H2,1-3H3/b12-9-,21-18-,46-43-. The van der Waals surface area contributed by atoms with E-state index in [1.165, 1.54) is 244 Å². The summed E-state index contributed by atoms with van der Waals surface area (Å²) in [7, 11) is 0. The van der Waals surface area contributed by atoms with Crippen molar-refractivity contribution in [2.24, 2.45) is 0 Å². The third kappa shape index (κ3) is 62.4. The van der Waals surface area contributed by atoms with Crippen molar-refractivity contribution in [3.05, 3.63) is 36.5 Å². The molecular formula is C69H128O6. The van der Waals surface area contributed by atoms with Gasteiger partial charge in [0, 0.05) is 19.3 Å². The Hall–Kier alpha value is -2.37. The Kier molecular flexibility index (Phi) is 62.1. The van der Waals surface area contributed by atoms with Gasteiger partial charge in [-0.2, -0.15) is 0 Å². The van der Waals surface area contributed by atoms with Crippen molar-refractivity contribution in [2.75, 3.05) is 13.2 Å². The smallest absolute Gasteiger partial charge is 0.306 e. The van der Waals surface area contributed by atoms with Crippen molar-refractivity contribution in [1.82, 2.24) is 0 Å². The lowest BCUT2D eigenvalue weighted by molar-refractivity contribution is -0.167. The van der Waals surface area contributed by atoms with Crippen LogP contribution in [0.1, 0.15) is 367 Å². The van der Waals surface area contributed by atoms with Crippen molar-refractivity contribution >= 4 is 17.9 Å². The van der Waals surface area contributed by atoms with Crippen LogP contribution in [0, 0.1) is 0 Å². The minimum absolute atomic E-state index is 0.0761. The van der Waals surface area contributed by atoms with Gasteiger partial charge in [-0.15, -0.1) is 0 Å². The monoisotopic (exact) mass is 1050 g/mol. The first kappa shape index (κ1) is 72.6. The summed E-state index contributed by atoms with van der Waals surface area (Å²) < 4.78 is 16.9. The minimum Gasteiger partial charge on any atom is -0.462 e. The van der Waals surface area contributed by atoms with E-state index in [9.17, 15) is 14.4 Å². The van der Waals surface area contributed by atoms with E-state index in [4.69, 9.17) is 14.2 Å². The minimum atomic E-state index is -0.781. The Morgan fingerprint density at radius 1 is 0.280 bits per heavy atom. The number of carbonyl (C=O) groups is 3. The lowest BCUT2D eigenvalue weighted by Crippen LogP contribution is -2.30. The fraction of sp³-hybridized carbons (Fsp3) is 0.870. The van der Waals surface area contributed by atoms with Gasteiger partial charge in [0.05, 0.1) is 0 Å². The SMILES string of the molecule is CC/C=C\C/C=C\C/C=C\CCCCCC(=O)OCC(COC(=O)CCCCCCCCCCCCCCCCCCCCCCCCCCCCCC)OC(=O)CCCCCCCCCCCCCCCCCC. The van der Waals surface area contributed by atoms with E-state index in [1.807, 2.05) is 0 Å². The van der Waals surface area contributed by atoms with Crippen molar-refractivity contribution < 1.29 is 28.6 Å². The average Bonchev–Trinajstić information content (AvgIpc) is 3.41. The molecule has 0 N–H and O–H groups in total. The molecule has 0 spiro atoms. The molecule has 0 saturated carbocycles. The Morgan fingerprint density at radius 2 is 0.520 bits per heavy atom. The maximum atomic E-state index is 12.9. The summed E-state index contributed by atoms with van der Waals surface area (Å²) in [5.41, 5.74) is 0. The van der Waals surface area contributed by atoms with Crippen LogP contribution in [0.2, 0.25) is 0 Å². The Morgan fingerprint density at radius 3 is 0.813 bits per heavy atom. The van der Waals surface area contributed by atoms with Crippen LogP contribution in [0.5, 0.6) is 0 Å². The third-order valence-corrected chi connectivity index (χ3v) is 15.2. The van der Waals surface area contributed by atoms with Crippen LogP contribution >= 0.6 is 0 Å². The summed E-state index contributed by atoms with van der Waals surface area (Å²) in [6.07, 6.45) is 79.0. The molecule has 0 aromatic carbocycles. The van der Waals surface area contributed by atoms with Gasteiger partial charge in [0.2, 0.25) is 0 Å². The van der Waals surface area contributed by atoms with Crippen LogP contribution in [-0.2, 0) is 28.6 Å². The predicted molar refractivity (Wildman–Crippen MR) is 326 cm³/mol. The molecule has 440 valence electrons. The van der Waals surface area contributed by atoms with E-state index in [2.05, 4.69) is 57.2 Å². The number of allylic oxidation sites excluding steroid dienone is 6. The second kappa shape index (κ2) is 64.2. The van der Waals surface area contributed by atoms with Gasteiger partial charge < -0.3 is 14.2 Å². The van der Waals surface area contributed by atoms with E-state index < -0.39 is 6.10 Å². The van der Waals surface area contributed by atoms with Gasteiger partial charge in [-0.1, -0.05) is 333 Å². The molecule has 1 atom stereocenters. The normalized spacial score (nSPS) is 12.2. The first-order chi connectivity index (χ1) is 37.0. The van der Waals surface area contributed by atoms with Crippen LogP contribution < -0.4 is 0 Å². The second-order valence-electron chi connectivity index (χ2n) is 22.7. The molecule has 0 radical (unpaired) electrons. The maximum Gasteiger partial charge on any atom is 0.306 e. The fourth-order valence-corrected chi connectivity index (χ4v) is 10.2. The molecule has 0 amide bonds. The molecule has 0 saturated heterocycles. The summed E-state index contributed by atoms with van der Waals surface area (Å²) >= 11 is 0. The number of ether oxygens (including phenoxy) is 3. The fourth-order valence-electron chi connectivity index (χ4n) is 10.2. The van der Waals surface area contributed by atoms with Crippen molar-refractivity contribution in [1.29, 1.82) is 0 Å². The maximum absolute atomic E-state index is 12.9. The summed E-state index contributed by atoms with van der Waals surface area (Å²) in [5.74, 6) is -0.881. The summed E-state index contributed by atoms with van der Waals surface area (Å²) in [6.45, 7) is 6.57. The highest BCUT2D eigenvalue weighted by molar-refractivity contribution is 5.71. The highest BCUT2D eigenvalue weighted by Crippen LogP contribution is 2.19. The van der Waals surface area contributed by atoms with Crippen LogP contribution in [-0.4, -0.2) is 37.2 Å². The lowest BCUT2D eigenvalue weighted by Gasteiger charge is -2.18. The number of unbranched alkanes of at least 4 members (excludes halogenated alkanes) is 45. The van der Waals surface area contributed by atoms with E-state index in [-0.39, 0.29) is 31.1 Å². The van der Waals surface area contributed by atoms with Crippen LogP contribution in [0.25, 0.3) is 0 Å². The zero-order chi connectivity index (χ0) is 54.3. The van der Waals surface area contributed by atoms with Crippen molar-refractivity contribution in [3.8, 4) is 0 Å². The molecule has 0 aromatic rings. The van der Waals surface area contributed by atoms with Gasteiger partial charge in [-0.05, 0) is 51.4 Å². The molecule has 0 aliphatic carbocycles. The van der Waals surface area contributed by atoms with Gasteiger partial charge in [0.15, 0.2) is 6.10 Å². The number of hydrogen-bond acceptors (Lipinski definition) is 6. The zero-order valence-corrected chi connectivity index (χ0v) is 50.6. The molecule has 0 bridgehead atoms. The topological polar surface area (TPSA) is 78.9 Å². The molecule has 0 heterocycles. The third-order valence-electron chi connectivity index (χ3n) is 15.2. The Balaban J connectivity index is 4.17. The van der Waals surface area contributed by atoms with Crippen molar-refractivity contribution in [2.45, 2.75) is 374 Å². The molecule has 0 fully saturated rings. The molecule has 6 heteroatoms. The number of esters is 3. The van der Waals surface area contributed by atoms with Gasteiger partial charge in [0.25, 0.3) is 0 Å². The Labute approximate surface area is 467 Å². The second-order valence-corrected chi connectivity index (χ2v) is 22.7. The van der Waals surface area contributed by atoms with E-state index in [1.54, 1.807) is 0 Å². The molecule has 75 heavy (non-hydrogen) atoms. The van der Waals surface area contributed by atoms with Gasteiger partial charge >= 0.3 is 17.9 Å². The average molecular weight is 1050 g/mol. The number of carbonyl (C=O) groups excluding carboxylic acids is 3. The lowest BCUT2D eigenvalue weighted by atomic mass is 10.0. The highest BCUT2D eigenvalue weighted by Gasteiger charge is 2.19. The van der Waals surface area contributed by atoms with Gasteiger partial charge in [-0.3, -0.25) is 14.4 Å². The predicted octanol–water partition coefficient (Wildman–Crippen LogP) is 22.8. The highest BCUT2D eigenvalue weighted by atomic mass is 16.6. The van der Waals surface area contributed by atoms with E-state index in [0.29, 0.717) is 19.3 Å². The van der Waals surface area contributed by atoms with Gasteiger partial charge in [0.1, 0.15) is 13.2 Å². The molecular weight excluding hydrogens is 925 g/mol. The van der Waals surface area contributed by atoms with Crippen LogP contribution in [0.15, 0.2) is 36.5 Å². The first-order valence-electron chi connectivity index (χ1n) is 33.5. The quantitative estimate of drug-likeness (QED) is 0.0261. The zero-order valence-electron chi connectivity index (χ0n) is 50.6. The van der Waals surface area contributed by atoms with Crippen LogP contribution in [0.3, 0.4) is 0 Å².